The third-order valence-corrected chi connectivity index (χ3v) is 5.18. The highest BCUT2D eigenvalue weighted by Gasteiger charge is 2.35. The van der Waals surface area contributed by atoms with E-state index in [9.17, 15) is 26.3 Å². The van der Waals surface area contributed by atoms with E-state index in [1.54, 1.807) is 0 Å². The molecule has 0 N–H and O–H groups in total. The number of halogens is 6. The van der Waals surface area contributed by atoms with Crippen LogP contribution in [0.1, 0.15) is 57.4 Å². The van der Waals surface area contributed by atoms with Crippen LogP contribution in [0.2, 0.25) is 0 Å². The zero-order valence-electron chi connectivity index (χ0n) is 16.3. The van der Waals surface area contributed by atoms with Gasteiger partial charge in [0.05, 0.1) is 6.61 Å². The Morgan fingerprint density at radius 2 is 1.66 bits per heavy atom. The fourth-order valence-electron chi connectivity index (χ4n) is 3.70. The molecule has 0 unspecified atom stereocenters. The lowest BCUT2D eigenvalue weighted by Crippen LogP contribution is -2.27. The van der Waals surface area contributed by atoms with Crippen LogP contribution in [-0.4, -0.2) is 12.7 Å². The monoisotopic (exact) mass is 424 g/mol. The van der Waals surface area contributed by atoms with Gasteiger partial charge in [0.15, 0.2) is 17.4 Å². The molecule has 1 fully saturated rings. The molecular weight excluding hydrogens is 398 g/mol. The maximum atomic E-state index is 14.1. The fraction of sp³-hybridized carbons (Fsp3) is 0.619. The second-order valence-electron chi connectivity index (χ2n) is 7.43. The van der Waals surface area contributed by atoms with E-state index in [1.165, 1.54) is 0 Å². The summed E-state index contributed by atoms with van der Waals surface area (Å²) in [5.74, 6) is -3.66. The summed E-state index contributed by atoms with van der Waals surface area (Å²) in [5.41, 5.74) is -0.228. The highest BCUT2D eigenvalue weighted by atomic mass is 19.3. The standard InChI is InChI=1S/C21H26F6O2/c1-2-3-4-5-14-6-8-15(9-7-14)12-21(26,27)28-13-16-10-17(22)19(18(23)11-16)29-20(24)25/h2-3,10-11,14-15,20H,4-9,12-13H2,1H3. The summed E-state index contributed by atoms with van der Waals surface area (Å²) in [7, 11) is 0. The van der Waals surface area contributed by atoms with Gasteiger partial charge in [-0.05, 0) is 62.1 Å². The largest absolute Gasteiger partial charge is 0.429 e. The second kappa shape index (κ2) is 10.9. The molecule has 0 spiro atoms. The van der Waals surface area contributed by atoms with Crippen LogP contribution in [0.5, 0.6) is 5.75 Å². The molecular formula is C21H26F6O2. The highest BCUT2D eigenvalue weighted by Crippen LogP contribution is 2.38. The van der Waals surface area contributed by atoms with Crippen molar-refractivity contribution in [2.75, 3.05) is 0 Å². The van der Waals surface area contributed by atoms with Gasteiger partial charge in [-0.15, -0.1) is 0 Å². The Hall–Kier alpha value is -1.70. The van der Waals surface area contributed by atoms with Gasteiger partial charge in [0, 0.05) is 6.42 Å². The third-order valence-electron chi connectivity index (χ3n) is 5.18. The first kappa shape index (κ1) is 23.6. The van der Waals surface area contributed by atoms with E-state index in [0.29, 0.717) is 30.9 Å². The number of allylic oxidation sites excluding steroid dienone is 2. The molecule has 0 aromatic heterocycles. The Morgan fingerprint density at radius 3 is 2.21 bits per heavy atom. The Bertz CT molecular complexity index is 646. The van der Waals surface area contributed by atoms with Crippen molar-refractivity contribution in [3.05, 3.63) is 41.5 Å². The van der Waals surface area contributed by atoms with Gasteiger partial charge in [-0.3, -0.25) is 0 Å². The second-order valence-corrected chi connectivity index (χ2v) is 7.43. The first-order valence-electron chi connectivity index (χ1n) is 9.76. The minimum Gasteiger partial charge on any atom is -0.429 e. The van der Waals surface area contributed by atoms with Crippen LogP contribution >= 0.6 is 0 Å². The number of benzene rings is 1. The summed E-state index contributed by atoms with van der Waals surface area (Å²) in [6, 6.07) is 1.29. The summed E-state index contributed by atoms with van der Waals surface area (Å²) in [6.07, 6.45) is 5.48. The Balaban J connectivity index is 1.83. The number of rotatable bonds is 10. The Labute approximate surface area is 166 Å². The quantitative estimate of drug-likeness (QED) is 0.291. The van der Waals surface area contributed by atoms with Gasteiger partial charge in [-0.1, -0.05) is 25.0 Å². The van der Waals surface area contributed by atoms with E-state index in [2.05, 4.69) is 15.5 Å². The maximum absolute atomic E-state index is 14.1. The van der Waals surface area contributed by atoms with Gasteiger partial charge in [0.2, 0.25) is 0 Å². The molecule has 1 aromatic carbocycles. The first-order valence-corrected chi connectivity index (χ1v) is 9.76. The van der Waals surface area contributed by atoms with Crippen molar-refractivity contribution in [2.45, 2.75) is 71.2 Å². The molecule has 1 aromatic rings. The molecule has 0 atom stereocenters. The van der Waals surface area contributed by atoms with Crippen molar-refractivity contribution in [1.82, 2.24) is 0 Å². The smallest absolute Gasteiger partial charge is 0.387 e. The van der Waals surface area contributed by atoms with Crippen molar-refractivity contribution >= 4 is 0 Å². The van der Waals surface area contributed by atoms with Crippen molar-refractivity contribution in [3.8, 4) is 5.75 Å². The van der Waals surface area contributed by atoms with E-state index in [0.717, 1.165) is 25.7 Å². The van der Waals surface area contributed by atoms with Crippen molar-refractivity contribution < 1.29 is 35.8 Å². The predicted octanol–water partition coefficient (Wildman–Crippen LogP) is 7.23. The zero-order chi connectivity index (χ0) is 21.4. The lowest BCUT2D eigenvalue weighted by molar-refractivity contribution is -0.256. The van der Waals surface area contributed by atoms with Crippen LogP contribution in [-0.2, 0) is 11.3 Å². The average Bonchev–Trinajstić information content (AvgIpc) is 2.64. The fourth-order valence-corrected chi connectivity index (χ4v) is 3.70. The lowest BCUT2D eigenvalue weighted by Gasteiger charge is -2.30. The summed E-state index contributed by atoms with van der Waals surface area (Å²) in [5, 5.41) is 0. The summed E-state index contributed by atoms with van der Waals surface area (Å²) in [6.45, 7) is -2.18. The van der Waals surface area contributed by atoms with Crippen molar-refractivity contribution in [2.24, 2.45) is 11.8 Å². The normalized spacial score (nSPS) is 20.6. The Kier molecular flexibility index (Phi) is 8.86. The SMILES string of the molecule is CC=CCCC1CCC(CC(F)(F)OCc2cc(F)c(OC(F)F)c(F)c2)CC1. The van der Waals surface area contributed by atoms with Crippen LogP contribution in [0, 0.1) is 23.5 Å². The summed E-state index contributed by atoms with van der Waals surface area (Å²) >= 11 is 0. The maximum Gasteiger partial charge on any atom is 0.387 e. The van der Waals surface area contributed by atoms with Gasteiger partial charge in [-0.2, -0.15) is 17.6 Å². The third kappa shape index (κ3) is 7.91. The molecule has 0 radical (unpaired) electrons. The molecule has 1 aliphatic carbocycles. The molecule has 0 amide bonds. The molecule has 1 aliphatic rings. The van der Waals surface area contributed by atoms with E-state index < -0.39 is 43.1 Å². The van der Waals surface area contributed by atoms with Crippen molar-refractivity contribution in [3.63, 3.8) is 0 Å². The molecule has 1 saturated carbocycles. The predicted molar refractivity (Wildman–Crippen MR) is 96.8 cm³/mol. The molecule has 29 heavy (non-hydrogen) atoms. The van der Waals surface area contributed by atoms with Crippen LogP contribution in [0.15, 0.2) is 24.3 Å². The number of ether oxygens (including phenoxy) is 2. The molecule has 2 rings (SSSR count). The van der Waals surface area contributed by atoms with E-state index in [1.807, 2.05) is 13.0 Å². The minimum absolute atomic E-state index is 0.168. The molecule has 0 aliphatic heterocycles. The van der Waals surface area contributed by atoms with Crippen LogP contribution in [0.25, 0.3) is 0 Å². The summed E-state index contributed by atoms with van der Waals surface area (Å²) in [4.78, 5) is 0. The first-order chi connectivity index (χ1) is 13.7. The highest BCUT2D eigenvalue weighted by molar-refractivity contribution is 5.31. The topological polar surface area (TPSA) is 18.5 Å². The average molecular weight is 424 g/mol. The minimum atomic E-state index is -3.44. The molecule has 0 heterocycles. The molecule has 0 saturated heterocycles. The van der Waals surface area contributed by atoms with E-state index >= 15 is 0 Å². The van der Waals surface area contributed by atoms with Crippen LogP contribution in [0.4, 0.5) is 26.3 Å². The summed E-state index contributed by atoms with van der Waals surface area (Å²) < 4.78 is 88.2. The number of hydrogen-bond acceptors (Lipinski definition) is 2. The van der Waals surface area contributed by atoms with Gasteiger partial charge >= 0.3 is 12.7 Å². The van der Waals surface area contributed by atoms with Gasteiger partial charge in [0.25, 0.3) is 0 Å². The number of alkyl halides is 4. The Morgan fingerprint density at radius 1 is 1.07 bits per heavy atom. The van der Waals surface area contributed by atoms with Crippen molar-refractivity contribution in [1.29, 1.82) is 0 Å². The number of hydrogen-bond donors (Lipinski definition) is 0. The lowest BCUT2D eigenvalue weighted by atomic mass is 9.78. The van der Waals surface area contributed by atoms with Gasteiger partial charge < -0.3 is 9.47 Å². The van der Waals surface area contributed by atoms with E-state index in [4.69, 9.17) is 0 Å². The zero-order valence-corrected chi connectivity index (χ0v) is 16.3. The molecule has 164 valence electrons. The van der Waals surface area contributed by atoms with Crippen LogP contribution in [0.3, 0.4) is 0 Å². The van der Waals surface area contributed by atoms with Gasteiger partial charge in [-0.25, -0.2) is 8.78 Å². The molecule has 0 bridgehead atoms. The van der Waals surface area contributed by atoms with Gasteiger partial charge in [0.1, 0.15) is 0 Å². The van der Waals surface area contributed by atoms with E-state index in [-0.39, 0.29) is 11.5 Å². The molecule has 2 nitrogen and oxygen atoms in total. The molecule has 8 heteroatoms. The van der Waals surface area contributed by atoms with Crippen LogP contribution < -0.4 is 4.74 Å².